The van der Waals surface area contributed by atoms with Crippen molar-refractivity contribution < 1.29 is 30.0 Å². The molecule has 4 unspecified atom stereocenters. The fraction of sp³-hybridized carbons (Fsp3) is 0.970. The zero-order chi connectivity index (χ0) is 29.7. The molecule has 0 rings (SSSR count). The van der Waals surface area contributed by atoms with Gasteiger partial charge in [0.25, 0.3) is 5.91 Å². The number of hydrogen-bond donors (Lipinski definition) is 5. The molecule has 7 nitrogen and oxygen atoms in total. The van der Waals surface area contributed by atoms with Gasteiger partial charge in [-0.05, 0) is 38.5 Å². The monoisotopic (exact) mass is 573 g/mol. The smallest absolute Gasteiger partial charge is 0.251 e. The van der Waals surface area contributed by atoms with Crippen LogP contribution in [0.2, 0.25) is 0 Å². The molecule has 1 amide bonds. The van der Waals surface area contributed by atoms with Gasteiger partial charge in [-0.15, -0.1) is 0 Å². The van der Waals surface area contributed by atoms with E-state index in [0.29, 0.717) is 32.4 Å². The minimum absolute atomic E-state index is 0.205. The van der Waals surface area contributed by atoms with E-state index < -0.39 is 24.4 Å². The second kappa shape index (κ2) is 29.8. The summed E-state index contributed by atoms with van der Waals surface area (Å²) in [6.07, 6.45) is 20.8. The van der Waals surface area contributed by atoms with Crippen LogP contribution < -0.4 is 5.32 Å². The largest absolute Gasteiger partial charge is 0.396 e. The Balaban J connectivity index is 4.15. The molecule has 0 aliphatic rings. The number of carbonyl (C=O) groups excluding carboxylic acids is 1. The van der Waals surface area contributed by atoms with E-state index in [1.165, 1.54) is 64.2 Å². The first kappa shape index (κ1) is 39.3. The summed E-state index contributed by atoms with van der Waals surface area (Å²) in [4.78, 5) is 12.4. The maximum absolute atomic E-state index is 12.4. The first-order chi connectivity index (χ1) is 19.5. The molecular formula is C33H67NO6. The molecule has 0 bridgehead atoms. The number of aliphatic hydroxyl groups excluding tert-OH is 4. The van der Waals surface area contributed by atoms with Crippen LogP contribution in [-0.2, 0) is 9.53 Å². The van der Waals surface area contributed by atoms with Crippen molar-refractivity contribution in [3.8, 4) is 0 Å². The molecule has 4 atom stereocenters. The van der Waals surface area contributed by atoms with E-state index >= 15 is 0 Å². The van der Waals surface area contributed by atoms with E-state index in [-0.39, 0.29) is 12.5 Å². The van der Waals surface area contributed by atoms with Gasteiger partial charge in [-0.25, -0.2) is 0 Å². The quantitative estimate of drug-likeness (QED) is 0.0598. The lowest BCUT2D eigenvalue weighted by molar-refractivity contribution is -0.138. The fourth-order valence-corrected chi connectivity index (χ4v) is 5.11. The fourth-order valence-electron chi connectivity index (χ4n) is 5.11. The van der Waals surface area contributed by atoms with Crippen LogP contribution in [-0.4, -0.2) is 70.5 Å². The highest BCUT2D eigenvalue weighted by Crippen LogP contribution is 2.17. The molecule has 0 saturated carbocycles. The molecule has 0 aliphatic heterocycles. The summed E-state index contributed by atoms with van der Waals surface area (Å²) in [5.41, 5.74) is 0. The van der Waals surface area contributed by atoms with Crippen molar-refractivity contribution in [3.63, 3.8) is 0 Å². The van der Waals surface area contributed by atoms with E-state index in [4.69, 9.17) is 9.84 Å². The topological polar surface area (TPSA) is 119 Å². The molecule has 7 heteroatoms. The second-order valence-corrected chi connectivity index (χ2v) is 11.7. The van der Waals surface area contributed by atoms with E-state index in [1.54, 1.807) is 0 Å². The van der Waals surface area contributed by atoms with Crippen LogP contribution >= 0.6 is 0 Å². The van der Waals surface area contributed by atoms with Gasteiger partial charge in [-0.2, -0.15) is 0 Å². The number of ether oxygens (including phenoxy) is 1. The van der Waals surface area contributed by atoms with E-state index in [9.17, 15) is 20.1 Å². The highest BCUT2D eigenvalue weighted by Gasteiger charge is 2.26. The maximum atomic E-state index is 12.4. The Morgan fingerprint density at radius 2 is 1.05 bits per heavy atom. The first-order valence-electron chi connectivity index (χ1n) is 17.0. The van der Waals surface area contributed by atoms with Gasteiger partial charge in [-0.1, -0.05) is 123 Å². The van der Waals surface area contributed by atoms with Crippen molar-refractivity contribution in [2.24, 2.45) is 0 Å². The van der Waals surface area contributed by atoms with E-state index in [2.05, 4.69) is 12.2 Å². The van der Waals surface area contributed by atoms with Crippen molar-refractivity contribution in [3.05, 3.63) is 0 Å². The highest BCUT2D eigenvalue weighted by atomic mass is 16.5. The third-order valence-corrected chi connectivity index (χ3v) is 7.84. The molecule has 240 valence electrons. The van der Waals surface area contributed by atoms with Crippen LogP contribution in [0, 0.1) is 0 Å². The molecule has 0 aromatic rings. The molecule has 0 spiro atoms. The number of carbonyl (C=O) groups is 1. The minimum Gasteiger partial charge on any atom is -0.396 e. The number of unbranched alkanes of at least 4 members (excludes halogenated alkanes) is 16. The summed E-state index contributed by atoms with van der Waals surface area (Å²) in [5, 5.41) is 42.7. The minimum atomic E-state index is -1.16. The Kier molecular flexibility index (Phi) is 29.2. The van der Waals surface area contributed by atoms with Crippen LogP contribution in [0.1, 0.15) is 162 Å². The summed E-state index contributed by atoms with van der Waals surface area (Å²) in [6.45, 7) is 5.55. The maximum Gasteiger partial charge on any atom is 0.251 e. The molecule has 0 radical (unpaired) electrons. The SMILES string of the molecule is CCCCCCCCCCCCCCOC(CCCCCC(O)C(O)CCCCCCO)C(O)C(=O)NCCC. The Labute approximate surface area is 246 Å². The third kappa shape index (κ3) is 23.9. The van der Waals surface area contributed by atoms with Gasteiger partial charge in [-0.3, -0.25) is 4.79 Å². The zero-order valence-electron chi connectivity index (χ0n) is 26.3. The van der Waals surface area contributed by atoms with Crippen molar-refractivity contribution >= 4 is 5.91 Å². The van der Waals surface area contributed by atoms with E-state index in [0.717, 1.165) is 64.2 Å². The highest BCUT2D eigenvalue weighted by molar-refractivity contribution is 5.81. The molecule has 0 aromatic heterocycles. The van der Waals surface area contributed by atoms with Gasteiger partial charge in [0.1, 0.15) is 0 Å². The summed E-state index contributed by atoms with van der Waals surface area (Å²) in [5.74, 6) is -0.362. The van der Waals surface area contributed by atoms with Crippen LogP contribution in [0.3, 0.4) is 0 Å². The standard InChI is InChI=1S/C33H67NO6/c1-3-5-6-7-8-9-10-11-12-13-16-22-28-40-31(32(38)33(39)34-26-4-2)25-20-17-19-24-30(37)29(36)23-18-14-15-21-27-35/h29-32,35-38H,3-28H2,1-2H3,(H,34,39). The van der Waals surface area contributed by atoms with Crippen LogP contribution in [0.4, 0.5) is 0 Å². The number of nitrogens with one attached hydrogen (secondary N) is 1. The summed E-state index contributed by atoms with van der Waals surface area (Å²) >= 11 is 0. The lowest BCUT2D eigenvalue weighted by Crippen LogP contribution is -2.43. The number of hydrogen-bond acceptors (Lipinski definition) is 6. The zero-order valence-corrected chi connectivity index (χ0v) is 26.3. The Bertz CT molecular complexity index is 535. The van der Waals surface area contributed by atoms with Crippen LogP contribution in [0.5, 0.6) is 0 Å². The van der Waals surface area contributed by atoms with Gasteiger partial charge in [0.15, 0.2) is 6.10 Å². The van der Waals surface area contributed by atoms with Crippen molar-refractivity contribution in [2.45, 2.75) is 186 Å². The van der Waals surface area contributed by atoms with Gasteiger partial charge in [0.2, 0.25) is 0 Å². The van der Waals surface area contributed by atoms with Gasteiger partial charge < -0.3 is 30.5 Å². The average molecular weight is 574 g/mol. The van der Waals surface area contributed by atoms with Crippen molar-refractivity contribution in [1.82, 2.24) is 5.32 Å². The Morgan fingerprint density at radius 1 is 0.600 bits per heavy atom. The predicted octanol–water partition coefficient (Wildman–Crippen LogP) is 6.57. The molecule has 0 aliphatic carbocycles. The van der Waals surface area contributed by atoms with Crippen molar-refractivity contribution in [1.29, 1.82) is 0 Å². The van der Waals surface area contributed by atoms with Gasteiger partial charge >= 0.3 is 0 Å². The predicted molar refractivity (Wildman–Crippen MR) is 165 cm³/mol. The van der Waals surface area contributed by atoms with Crippen LogP contribution in [0.25, 0.3) is 0 Å². The molecule has 0 aromatic carbocycles. The normalized spacial score (nSPS) is 14.7. The molecule has 0 saturated heterocycles. The second-order valence-electron chi connectivity index (χ2n) is 11.7. The number of amides is 1. The third-order valence-electron chi connectivity index (χ3n) is 7.84. The average Bonchev–Trinajstić information content (AvgIpc) is 2.96. The number of aliphatic hydroxyl groups is 4. The van der Waals surface area contributed by atoms with Crippen LogP contribution in [0.15, 0.2) is 0 Å². The summed E-state index contributed by atoms with van der Waals surface area (Å²) in [6, 6.07) is 0. The molecule has 40 heavy (non-hydrogen) atoms. The van der Waals surface area contributed by atoms with E-state index in [1.807, 2.05) is 6.92 Å². The van der Waals surface area contributed by atoms with Gasteiger partial charge in [0.05, 0.1) is 18.3 Å². The molecular weight excluding hydrogens is 506 g/mol. The number of rotatable bonds is 31. The molecule has 0 heterocycles. The Hall–Kier alpha value is -0.730. The molecule has 5 N–H and O–H groups in total. The Morgan fingerprint density at radius 3 is 1.57 bits per heavy atom. The molecule has 0 fully saturated rings. The van der Waals surface area contributed by atoms with Crippen molar-refractivity contribution in [2.75, 3.05) is 19.8 Å². The van der Waals surface area contributed by atoms with Gasteiger partial charge in [0, 0.05) is 19.8 Å². The summed E-state index contributed by atoms with van der Waals surface area (Å²) in [7, 11) is 0. The lowest BCUT2D eigenvalue weighted by atomic mass is 9.99. The lowest BCUT2D eigenvalue weighted by Gasteiger charge is -2.23. The summed E-state index contributed by atoms with van der Waals surface area (Å²) < 4.78 is 6.02. The first-order valence-corrected chi connectivity index (χ1v) is 17.0.